The van der Waals surface area contributed by atoms with Crippen molar-refractivity contribution in [2.75, 3.05) is 13.7 Å². The Labute approximate surface area is 138 Å². The number of fused-ring (bicyclic) bond motifs is 1. The van der Waals surface area contributed by atoms with E-state index >= 15 is 0 Å². The lowest BCUT2D eigenvalue weighted by molar-refractivity contribution is -0.143. The Morgan fingerprint density at radius 1 is 1.30 bits per heavy atom. The molecule has 0 amide bonds. The summed E-state index contributed by atoms with van der Waals surface area (Å²) in [4.78, 5) is 23.7. The summed E-state index contributed by atoms with van der Waals surface area (Å²) in [7, 11) is 1.59. The van der Waals surface area contributed by atoms with Gasteiger partial charge in [0, 0.05) is 29.0 Å². The molecule has 1 aromatic carbocycles. The number of carbonyl (C=O) groups is 2. The molecule has 2 N–H and O–H groups in total. The van der Waals surface area contributed by atoms with Crippen LogP contribution in [0.4, 0.5) is 0 Å². The van der Waals surface area contributed by atoms with Crippen LogP contribution in [0, 0.1) is 5.92 Å². The number of aliphatic hydroxyl groups is 1. The second-order valence-corrected chi connectivity index (χ2v) is 6.72. The number of ketones is 1. The number of carboxylic acids is 1. The first-order valence-corrected chi connectivity index (χ1v) is 8.21. The molecule has 1 aromatic heterocycles. The van der Waals surface area contributed by atoms with Crippen LogP contribution in [0.3, 0.4) is 0 Å². The number of ether oxygens (including phenoxy) is 1. The van der Waals surface area contributed by atoms with Crippen molar-refractivity contribution in [3.63, 3.8) is 0 Å². The van der Waals surface area contributed by atoms with E-state index in [1.165, 1.54) is 18.3 Å². The van der Waals surface area contributed by atoms with E-state index in [4.69, 9.17) is 14.9 Å². The minimum absolute atomic E-state index is 0.0443. The van der Waals surface area contributed by atoms with Gasteiger partial charge in [0.05, 0.1) is 13.0 Å². The van der Waals surface area contributed by atoms with Gasteiger partial charge in [0.1, 0.15) is 11.5 Å². The van der Waals surface area contributed by atoms with Gasteiger partial charge in [-0.2, -0.15) is 0 Å². The first kappa shape index (κ1) is 17.4. The number of aliphatic hydroxyl groups excluding tert-OH is 1. The SMILES string of the molecule is COc1cc2sc(CC(=O)C[C@H](C)C(=O)O)cc2cc1CCO. The molecule has 0 aliphatic rings. The van der Waals surface area contributed by atoms with Gasteiger partial charge < -0.3 is 14.9 Å². The minimum Gasteiger partial charge on any atom is -0.496 e. The average Bonchev–Trinajstić information content (AvgIpc) is 2.87. The number of thiophene rings is 1. The predicted molar refractivity (Wildman–Crippen MR) is 89.3 cm³/mol. The van der Waals surface area contributed by atoms with Gasteiger partial charge in [0.25, 0.3) is 0 Å². The predicted octanol–water partition coefficient (Wildman–Crippen LogP) is 2.67. The van der Waals surface area contributed by atoms with E-state index in [1.54, 1.807) is 7.11 Å². The molecule has 0 saturated heterocycles. The number of Topliss-reactive ketones (excluding diaryl/α,β-unsaturated/α-hetero) is 1. The largest absolute Gasteiger partial charge is 0.496 e. The van der Waals surface area contributed by atoms with Crippen molar-refractivity contribution < 1.29 is 24.5 Å². The molecule has 0 radical (unpaired) electrons. The summed E-state index contributed by atoms with van der Waals surface area (Å²) in [5.74, 6) is -0.957. The summed E-state index contributed by atoms with van der Waals surface area (Å²) in [6.07, 6.45) is 0.802. The Kier molecular flexibility index (Phi) is 5.74. The molecule has 124 valence electrons. The standard InChI is InChI=1S/C17H20O5S/c1-10(17(20)21)5-13(19)8-14-7-12-6-11(3-4-18)15(22-2)9-16(12)23-14/h6-7,9-10,18H,3-5,8H2,1-2H3,(H,20,21)/t10-/m0/s1. The second kappa shape index (κ2) is 7.57. The van der Waals surface area contributed by atoms with Gasteiger partial charge in [-0.15, -0.1) is 11.3 Å². The quantitative estimate of drug-likeness (QED) is 0.774. The Bertz CT molecular complexity index is 719. The Morgan fingerprint density at radius 3 is 2.65 bits per heavy atom. The molecule has 2 rings (SSSR count). The number of carbonyl (C=O) groups excluding carboxylic acids is 1. The van der Waals surface area contributed by atoms with Crippen LogP contribution in [-0.4, -0.2) is 35.7 Å². The number of carboxylic acid groups (broad SMARTS) is 1. The van der Waals surface area contributed by atoms with Gasteiger partial charge >= 0.3 is 5.97 Å². The number of rotatable bonds is 8. The third kappa shape index (κ3) is 4.30. The molecule has 0 saturated carbocycles. The Hall–Kier alpha value is -1.92. The monoisotopic (exact) mass is 336 g/mol. The third-order valence-electron chi connectivity index (χ3n) is 3.68. The molecule has 0 spiro atoms. The lowest BCUT2D eigenvalue weighted by atomic mass is 10.0. The van der Waals surface area contributed by atoms with E-state index in [9.17, 15) is 9.59 Å². The highest BCUT2D eigenvalue weighted by Gasteiger charge is 2.17. The lowest BCUT2D eigenvalue weighted by Gasteiger charge is -2.07. The zero-order valence-electron chi connectivity index (χ0n) is 13.2. The fourth-order valence-corrected chi connectivity index (χ4v) is 3.56. The molecule has 0 aliphatic carbocycles. The topological polar surface area (TPSA) is 83.8 Å². The van der Waals surface area contributed by atoms with Crippen molar-refractivity contribution >= 4 is 33.2 Å². The summed E-state index contributed by atoms with van der Waals surface area (Å²) in [5.41, 5.74) is 0.928. The van der Waals surface area contributed by atoms with Gasteiger partial charge in [-0.1, -0.05) is 6.92 Å². The van der Waals surface area contributed by atoms with E-state index in [0.29, 0.717) is 6.42 Å². The molecular formula is C17H20O5S. The first-order chi connectivity index (χ1) is 10.9. The van der Waals surface area contributed by atoms with E-state index < -0.39 is 11.9 Å². The van der Waals surface area contributed by atoms with Crippen molar-refractivity contribution in [3.05, 3.63) is 28.6 Å². The lowest BCUT2D eigenvalue weighted by Crippen LogP contribution is -2.15. The van der Waals surface area contributed by atoms with Gasteiger partial charge in [0.15, 0.2) is 0 Å². The zero-order valence-corrected chi connectivity index (χ0v) is 14.0. The van der Waals surface area contributed by atoms with Crippen LogP contribution in [0.5, 0.6) is 5.75 Å². The summed E-state index contributed by atoms with van der Waals surface area (Å²) in [6.45, 7) is 1.58. The van der Waals surface area contributed by atoms with Crippen LogP contribution in [0.1, 0.15) is 23.8 Å². The molecule has 1 atom stereocenters. The number of hydrogen-bond donors (Lipinski definition) is 2. The van der Waals surface area contributed by atoms with E-state index in [-0.39, 0.29) is 25.2 Å². The van der Waals surface area contributed by atoms with Gasteiger partial charge in [-0.3, -0.25) is 9.59 Å². The molecule has 0 fully saturated rings. The van der Waals surface area contributed by atoms with Crippen LogP contribution in [0.25, 0.3) is 10.1 Å². The van der Waals surface area contributed by atoms with Crippen LogP contribution in [-0.2, 0) is 22.4 Å². The highest BCUT2D eigenvalue weighted by molar-refractivity contribution is 7.19. The average molecular weight is 336 g/mol. The Morgan fingerprint density at radius 2 is 2.04 bits per heavy atom. The molecule has 0 bridgehead atoms. The highest BCUT2D eigenvalue weighted by atomic mass is 32.1. The fraction of sp³-hybridized carbons (Fsp3) is 0.412. The smallest absolute Gasteiger partial charge is 0.306 e. The maximum absolute atomic E-state index is 12.0. The number of aliphatic carboxylic acids is 1. The van der Waals surface area contributed by atoms with Gasteiger partial charge in [0.2, 0.25) is 0 Å². The molecule has 1 heterocycles. The normalized spacial score (nSPS) is 12.3. The molecule has 2 aromatic rings. The van der Waals surface area contributed by atoms with E-state index in [0.717, 1.165) is 26.3 Å². The maximum atomic E-state index is 12.0. The first-order valence-electron chi connectivity index (χ1n) is 7.39. The van der Waals surface area contributed by atoms with Gasteiger partial charge in [-0.05, 0) is 35.6 Å². The van der Waals surface area contributed by atoms with Crippen molar-refractivity contribution in [1.82, 2.24) is 0 Å². The molecule has 0 unspecified atom stereocenters. The van der Waals surface area contributed by atoms with Crippen LogP contribution >= 0.6 is 11.3 Å². The molecule has 5 nitrogen and oxygen atoms in total. The highest BCUT2D eigenvalue weighted by Crippen LogP contribution is 2.33. The summed E-state index contributed by atoms with van der Waals surface area (Å²) < 4.78 is 6.35. The van der Waals surface area contributed by atoms with Crippen molar-refractivity contribution in [3.8, 4) is 5.75 Å². The summed E-state index contributed by atoms with van der Waals surface area (Å²) in [5, 5.41) is 19.0. The molecule has 6 heteroatoms. The van der Waals surface area contributed by atoms with E-state index in [2.05, 4.69) is 0 Å². The third-order valence-corrected chi connectivity index (χ3v) is 4.78. The number of benzene rings is 1. The molecule has 23 heavy (non-hydrogen) atoms. The minimum atomic E-state index is -0.951. The van der Waals surface area contributed by atoms with Crippen molar-refractivity contribution in [2.24, 2.45) is 5.92 Å². The number of methoxy groups -OCH3 is 1. The van der Waals surface area contributed by atoms with Gasteiger partial charge in [-0.25, -0.2) is 0 Å². The number of hydrogen-bond acceptors (Lipinski definition) is 5. The fourth-order valence-electron chi connectivity index (χ4n) is 2.46. The van der Waals surface area contributed by atoms with Crippen LogP contribution in [0.15, 0.2) is 18.2 Å². The van der Waals surface area contributed by atoms with Crippen molar-refractivity contribution in [1.29, 1.82) is 0 Å². The Balaban J connectivity index is 2.19. The molecular weight excluding hydrogens is 316 g/mol. The second-order valence-electron chi connectivity index (χ2n) is 5.55. The van der Waals surface area contributed by atoms with E-state index in [1.807, 2.05) is 18.2 Å². The maximum Gasteiger partial charge on any atom is 0.306 e. The van der Waals surface area contributed by atoms with Crippen molar-refractivity contribution in [2.45, 2.75) is 26.2 Å². The zero-order chi connectivity index (χ0) is 17.0. The molecule has 0 aliphatic heterocycles. The summed E-state index contributed by atoms with van der Waals surface area (Å²) >= 11 is 1.51. The van der Waals surface area contributed by atoms with Crippen LogP contribution < -0.4 is 4.74 Å². The van der Waals surface area contributed by atoms with Crippen LogP contribution in [0.2, 0.25) is 0 Å². The summed E-state index contributed by atoms with van der Waals surface area (Å²) in [6, 6.07) is 5.83.